The van der Waals surface area contributed by atoms with Crippen LogP contribution in [0.2, 0.25) is 0 Å². The first-order chi connectivity index (χ1) is 15.6. The zero-order valence-electron chi connectivity index (χ0n) is 18.3. The number of carboxylic acid groups (broad SMARTS) is 1. The van der Waals surface area contributed by atoms with Gasteiger partial charge >= 0.3 is 18.3 Å². The summed E-state index contributed by atoms with van der Waals surface area (Å²) in [5.41, 5.74) is -1.44. The minimum Gasteiger partial charge on any atom is -0.484 e. The third-order valence-electron chi connectivity index (χ3n) is 5.80. The highest BCUT2D eigenvalue weighted by atomic mass is 19.4. The maximum Gasteiger partial charge on any atom is 0.416 e. The van der Waals surface area contributed by atoms with Crippen molar-refractivity contribution in [1.29, 1.82) is 0 Å². The Morgan fingerprint density at radius 1 is 1.12 bits per heavy atom. The van der Waals surface area contributed by atoms with Crippen molar-refractivity contribution in [3.8, 4) is 16.9 Å². The minimum atomic E-state index is -4.74. The molecule has 184 valence electrons. The molecule has 0 amide bonds. The molecule has 0 aliphatic carbocycles. The van der Waals surface area contributed by atoms with E-state index in [0.717, 1.165) is 17.0 Å². The molecule has 4 rings (SSSR count). The summed E-state index contributed by atoms with van der Waals surface area (Å²) in [4.78, 5) is 13.8. The Labute approximate surface area is 191 Å². The number of ether oxygens (including phenoxy) is 1. The summed E-state index contributed by atoms with van der Waals surface area (Å²) in [6, 6.07) is 7.89. The third kappa shape index (κ3) is 4.88. The van der Waals surface area contributed by atoms with Crippen LogP contribution in [-0.2, 0) is 11.0 Å². The number of aliphatic carboxylic acids is 1. The molecule has 1 saturated heterocycles. The average molecular weight is 488 g/mol. The molecule has 0 radical (unpaired) electrons. The number of fused-ring (bicyclic) bond motifs is 1. The van der Waals surface area contributed by atoms with Crippen molar-refractivity contribution < 1.29 is 41.0 Å². The fraction of sp³-hybridized carbons (Fsp3) is 0.435. The molecule has 5 nitrogen and oxygen atoms in total. The van der Waals surface area contributed by atoms with Crippen LogP contribution in [0.4, 0.5) is 37.7 Å². The lowest BCUT2D eigenvalue weighted by atomic mass is 9.94. The highest BCUT2D eigenvalue weighted by Gasteiger charge is 2.42. The van der Waals surface area contributed by atoms with Gasteiger partial charge in [0.25, 0.3) is 0 Å². The number of alkyl halides is 6. The van der Waals surface area contributed by atoms with Gasteiger partial charge in [0.15, 0.2) is 0 Å². The molecule has 1 N–H and O–H groups in total. The van der Waals surface area contributed by atoms with Crippen molar-refractivity contribution in [2.45, 2.75) is 31.8 Å². The number of halogens is 6. The predicted octanol–water partition coefficient (Wildman–Crippen LogP) is 5.43. The summed E-state index contributed by atoms with van der Waals surface area (Å²) in [7, 11) is 0. The van der Waals surface area contributed by atoms with Crippen molar-refractivity contribution >= 4 is 17.3 Å². The van der Waals surface area contributed by atoms with E-state index in [1.807, 2.05) is 0 Å². The standard InChI is InChI=1S/C23H22F6N2O3/c1-21(2)11-31(12-22(24,25)26)19-17(7-15(23(27,28)29)8-18(19)34-21)13-4-3-5-16(6-13)30-9-14(10-30)20(32)33/h3-8,14H,9-12H2,1-2H3,(H,32,33). The largest absolute Gasteiger partial charge is 0.484 e. The van der Waals surface area contributed by atoms with E-state index in [1.165, 1.54) is 19.9 Å². The lowest BCUT2D eigenvalue weighted by Gasteiger charge is -2.42. The molecule has 0 aromatic heterocycles. The monoisotopic (exact) mass is 488 g/mol. The zero-order valence-corrected chi connectivity index (χ0v) is 18.3. The van der Waals surface area contributed by atoms with Crippen LogP contribution >= 0.6 is 0 Å². The quantitative estimate of drug-likeness (QED) is 0.582. The lowest BCUT2D eigenvalue weighted by molar-refractivity contribution is -0.142. The molecule has 2 aromatic rings. The van der Waals surface area contributed by atoms with Crippen LogP contribution in [0, 0.1) is 5.92 Å². The van der Waals surface area contributed by atoms with Gasteiger partial charge in [-0.25, -0.2) is 0 Å². The second kappa shape index (κ2) is 7.99. The molecule has 0 bridgehead atoms. The van der Waals surface area contributed by atoms with Crippen LogP contribution in [0.25, 0.3) is 11.1 Å². The van der Waals surface area contributed by atoms with Gasteiger partial charge in [-0.1, -0.05) is 12.1 Å². The Balaban J connectivity index is 1.84. The number of anilines is 2. The number of nitrogens with zero attached hydrogens (tertiary/aromatic N) is 2. The molecule has 0 unspecified atom stereocenters. The summed E-state index contributed by atoms with van der Waals surface area (Å²) >= 11 is 0. The van der Waals surface area contributed by atoms with Gasteiger partial charge in [-0.15, -0.1) is 0 Å². The van der Waals surface area contributed by atoms with E-state index in [0.29, 0.717) is 5.69 Å². The molecule has 2 aromatic carbocycles. The zero-order chi connectivity index (χ0) is 25.1. The summed E-state index contributed by atoms with van der Waals surface area (Å²) in [5.74, 6) is -1.77. The van der Waals surface area contributed by atoms with Gasteiger partial charge in [0.2, 0.25) is 0 Å². The lowest BCUT2D eigenvalue weighted by Crippen LogP contribution is -2.50. The van der Waals surface area contributed by atoms with E-state index in [-0.39, 0.29) is 42.2 Å². The highest BCUT2D eigenvalue weighted by Crippen LogP contribution is 2.48. The first kappa shape index (κ1) is 24.0. The van der Waals surface area contributed by atoms with E-state index in [1.54, 1.807) is 23.1 Å². The first-order valence-corrected chi connectivity index (χ1v) is 10.5. The first-order valence-electron chi connectivity index (χ1n) is 10.5. The summed E-state index contributed by atoms with van der Waals surface area (Å²) in [5, 5.41) is 9.09. The maximum atomic E-state index is 13.7. The van der Waals surface area contributed by atoms with Crippen LogP contribution in [0.3, 0.4) is 0 Å². The molecular weight excluding hydrogens is 466 g/mol. The van der Waals surface area contributed by atoms with Gasteiger partial charge < -0.3 is 19.6 Å². The van der Waals surface area contributed by atoms with Crippen LogP contribution in [0.5, 0.6) is 5.75 Å². The summed E-state index contributed by atoms with van der Waals surface area (Å²) in [6.07, 6.45) is -9.33. The molecule has 0 atom stereocenters. The average Bonchev–Trinajstić information content (AvgIpc) is 2.62. The van der Waals surface area contributed by atoms with Crippen molar-refractivity contribution in [2.24, 2.45) is 5.92 Å². The van der Waals surface area contributed by atoms with Gasteiger partial charge in [0.1, 0.15) is 17.9 Å². The fourth-order valence-corrected chi connectivity index (χ4v) is 4.33. The van der Waals surface area contributed by atoms with E-state index >= 15 is 0 Å². The number of benzene rings is 2. The number of hydrogen-bond acceptors (Lipinski definition) is 4. The van der Waals surface area contributed by atoms with Crippen LogP contribution in [0.15, 0.2) is 36.4 Å². The second-order valence-electron chi connectivity index (χ2n) is 9.19. The van der Waals surface area contributed by atoms with Gasteiger partial charge in [0.05, 0.1) is 23.7 Å². The van der Waals surface area contributed by atoms with E-state index in [4.69, 9.17) is 9.84 Å². The van der Waals surface area contributed by atoms with Crippen molar-refractivity contribution in [1.82, 2.24) is 0 Å². The molecule has 2 heterocycles. The van der Waals surface area contributed by atoms with Crippen LogP contribution in [0.1, 0.15) is 19.4 Å². The smallest absolute Gasteiger partial charge is 0.416 e. The maximum absolute atomic E-state index is 13.7. The Morgan fingerprint density at radius 2 is 1.79 bits per heavy atom. The van der Waals surface area contributed by atoms with E-state index < -0.39 is 41.9 Å². The molecule has 0 spiro atoms. The van der Waals surface area contributed by atoms with Gasteiger partial charge in [-0.2, -0.15) is 26.3 Å². The van der Waals surface area contributed by atoms with E-state index in [2.05, 4.69) is 0 Å². The van der Waals surface area contributed by atoms with Gasteiger partial charge in [-0.05, 0) is 43.7 Å². The van der Waals surface area contributed by atoms with Crippen molar-refractivity contribution in [3.63, 3.8) is 0 Å². The Bertz CT molecular complexity index is 1110. The van der Waals surface area contributed by atoms with Gasteiger partial charge in [0, 0.05) is 24.3 Å². The van der Waals surface area contributed by atoms with Gasteiger partial charge in [-0.3, -0.25) is 4.79 Å². The second-order valence-corrected chi connectivity index (χ2v) is 9.19. The molecule has 1 fully saturated rings. The Morgan fingerprint density at radius 3 is 2.38 bits per heavy atom. The predicted molar refractivity (Wildman–Crippen MR) is 113 cm³/mol. The van der Waals surface area contributed by atoms with Crippen LogP contribution in [-0.4, -0.2) is 49.0 Å². The van der Waals surface area contributed by atoms with E-state index in [9.17, 15) is 31.1 Å². The fourth-order valence-electron chi connectivity index (χ4n) is 4.33. The molecular formula is C23H22F6N2O3. The van der Waals surface area contributed by atoms with Crippen molar-refractivity contribution in [2.75, 3.05) is 36.0 Å². The Hall–Kier alpha value is -3.11. The molecule has 34 heavy (non-hydrogen) atoms. The number of rotatable bonds is 4. The molecule has 0 saturated carbocycles. The third-order valence-corrected chi connectivity index (χ3v) is 5.80. The number of carboxylic acids is 1. The highest BCUT2D eigenvalue weighted by molar-refractivity contribution is 5.86. The molecule has 2 aliphatic heterocycles. The minimum absolute atomic E-state index is 0.0401. The Kier molecular flexibility index (Phi) is 5.64. The number of carbonyl (C=O) groups is 1. The molecule has 11 heteroatoms. The number of hydrogen-bond donors (Lipinski definition) is 1. The normalized spacial score (nSPS) is 18.2. The molecule has 2 aliphatic rings. The summed E-state index contributed by atoms with van der Waals surface area (Å²) < 4.78 is 87.0. The topological polar surface area (TPSA) is 53.0 Å². The summed E-state index contributed by atoms with van der Waals surface area (Å²) in [6.45, 7) is 1.97. The van der Waals surface area contributed by atoms with Crippen molar-refractivity contribution in [3.05, 3.63) is 42.0 Å². The SMILES string of the molecule is CC1(C)CN(CC(F)(F)F)c2c(cc(C(F)(F)F)cc2-c2cccc(N3CC(C(=O)O)C3)c2)O1. The van der Waals surface area contributed by atoms with Crippen LogP contribution < -0.4 is 14.5 Å².